The molecule has 120 valence electrons. The molecule has 0 aromatic heterocycles. The lowest BCUT2D eigenvalue weighted by Crippen LogP contribution is -2.51. The number of carbonyl (C=O) groups excluding carboxylic acids is 2. The molecule has 0 aliphatic heterocycles. The smallest absolute Gasteiger partial charge is 0.325 e. The van der Waals surface area contributed by atoms with Gasteiger partial charge in [0.1, 0.15) is 12.1 Å². The molecule has 0 radical (unpaired) electrons. The predicted octanol–water partition coefficient (Wildman–Crippen LogP) is 0.428. The number of carboxylic acid groups (broad SMARTS) is 1. The van der Waals surface area contributed by atoms with Gasteiger partial charge in [-0.3, -0.25) is 14.4 Å². The van der Waals surface area contributed by atoms with E-state index in [9.17, 15) is 24.6 Å². The molecule has 0 unspecified atom stereocenters. The Kier molecular flexibility index (Phi) is 5.33. The number of carbonyl (C=O) groups is 3. The first-order valence-corrected chi connectivity index (χ1v) is 6.50. The molecule has 0 fully saturated rings. The van der Waals surface area contributed by atoms with Crippen molar-refractivity contribution in [3.8, 4) is 11.5 Å². The number of anilines is 1. The number of hydrogen-bond donors (Lipinski definition) is 4. The number of benzene rings is 1. The van der Waals surface area contributed by atoms with E-state index in [2.05, 4.69) is 5.32 Å². The van der Waals surface area contributed by atoms with E-state index < -0.39 is 35.6 Å². The normalized spacial score (nSPS) is 13.0. The van der Waals surface area contributed by atoms with Gasteiger partial charge in [-0.05, 0) is 26.0 Å². The topological polar surface area (TPSA) is 127 Å². The van der Waals surface area contributed by atoms with E-state index in [-0.39, 0.29) is 11.4 Å². The van der Waals surface area contributed by atoms with Crippen molar-refractivity contribution in [2.24, 2.45) is 0 Å². The highest BCUT2D eigenvalue weighted by atomic mass is 16.4. The van der Waals surface area contributed by atoms with Crippen LogP contribution in [0.25, 0.3) is 0 Å². The molecule has 22 heavy (non-hydrogen) atoms. The number of nitrogens with one attached hydrogen (secondary N) is 1. The summed E-state index contributed by atoms with van der Waals surface area (Å²) >= 11 is 0. The molecule has 0 spiro atoms. The minimum absolute atomic E-state index is 0.202. The van der Waals surface area contributed by atoms with Gasteiger partial charge in [-0.15, -0.1) is 0 Å². The molecular formula is C14H18N2O6. The molecule has 1 rings (SSSR count). The van der Waals surface area contributed by atoms with E-state index in [1.54, 1.807) is 0 Å². The fourth-order valence-corrected chi connectivity index (χ4v) is 1.85. The van der Waals surface area contributed by atoms with Gasteiger partial charge >= 0.3 is 5.97 Å². The summed E-state index contributed by atoms with van der Waals surface area (Å²) in [6, 6.07) is 1.59. The second-order valence-electron chi connectivity index (χ2n) is 4.81. The SMILES string of the molecule is CC(=O)N(c1ccc(O)c(O)c1)[C@@H](C)C(=O)N[C@@H](C)C(=O)O. The Morgan fingerprint density at radius 3 is 2.18 bits per heavy atom. The van der Waals surface area contributed by atoms with Crippen LogP contribution in [0, 0.1) is 0 Å². The van der Waals surface area contributed by atoms with Gasteiger partial charge in [-0.25, -0.2) is 0 Å². The number of amides is 2. The summed E-state index contributed by atoms with van der Waals surface area (Å²) in [5.41, 5.74) is 0.202. The van der Waals surface area contributed by atoms with Gasteiger partial charge in [0.05, 0.1) is 0 Å². The molecule has 0 heterocycles. The summed E-state index contributed by atoms with van der Waals surface area (Å²) in [5.74, 6) is -3.12. The average molecular weight is 310 g/mol. The fraction of sp³-hybridized carbons (Fsp3) is 0.357. The van der Waals surface area contributed by atoms with Crippen LogP contribution in [-0.4, -0.2) is 45.2 Å². The van der Waals surface area contributed by atoms with Crippen LogP contribution in [0.5, 0.6) is 11.5 Å². The van der Waals surface area contributed by atoms with E-state index in [1.807, 2.05) is 0 Å². The zero-order valence-corrected chi connectivity index (χ0v) is 12.4. The lowest BCUT2D eigenvalue weighted by Gasteiger charge is -2.28. The first kappa shape index (κ1) is 17.3. The maximum Gasteiger partial charge on any atom is 0.325 e. The first-order valence-electron chi connectivity index (χ1n) is 6.50. The summed E-state index contributed by atoms with van der Waals surface area (Å²) in [6.07, 6.45) is 0. The highest BCUT2D eigenvalue weighted by Gasteiger charge is 2.27. The molecule has 8 nitrogen and oxygen atoms in total. The third-order valence-electron chi connectivity index (χ3n) is 3.07. The molecule has 0 saturated heterocycles. The molecule has 0 aliphatic rings. The van der Waals surface area contributed by atoms with Crippen molar-refractivity contribution >= 4 is 23.5 Å². The Labute approximate surface area is 127 Å². The van der Waals surface area contributed by atoms with Crippen LogP contribution in [0.2, 0.25) is 0 Å². The number of aliphatic carboxylic acids is 1. The molecule has 0 bridgehead atoms. The molecule has 8 heteroatoms. The van der Waals surface area contributed by atoms with Crippen molar-refractivity contribution in [2.75, 3.05) is 4.90 Å². The summed E-state index contributed by atoms with van der Waals surface area (Å²) in [6.45, 7) is 3.96. The minimum atomic E-state index is -1.20. The van der Waals surface area contributed by atoms with Crippen LogP contribution in [0.1, 0.15) is 20.8 Å². The summed E-state index contributed by atoms with van der Waals surface area (Å²) in [4.78, 5) is 35.7. The number of nitrogens with zero attached hydrogens (tertiary/aromatic N) is 1. The van der Waals surface area contributed by atoms with Gasteiger partial charge < -0.3 is 25.5 Å². The number of phenolic OH excluding ortho intramolecular Hbond substituents is 2. The quantitative estimate of drug-likeness (QED) is 0.584. The van der Waals surface area contributed by atoms with Crippen LogP contribution in [0.4, 0.5) is 5.69 Å². The van der Waals surface area contributed by atoms with E-state index in [0.717, 1.165) is 11.0 Å². The third-order valence-corrected chi connectivity index (χ3v) is 3.07. The number of carboxylic acids is 1. The van der Waals surface area contributed by atoms with E-state index in [4.69, 9.17) is 5.11 Å². The summed E-state index contributed by atoms with van der Waals surface area (Å²) in [7, 11) is 0. The maximum absolute atomic E-state index is 12.0. The van der Waals surface area contributed by atoms with Crippen molar-refractivity contribution in [2.45, 2.75) is 32.9 Å². The Hall–Kier alpha value is -2.77. The Morgan fingerprint density at radius 2 is 1.73 bits per heavy atom. The molecular weight excluding hydrogens is 292 g/mol. The highest BCUT2D eigenvalue weighted by molar-refractivity contribution is 6.00. The second-order valence-corrected chi connectivity index (χ2v) is 4.81. The van der Waals surface area contributed by atoms with Crippen LogP contribution in [0.3, 0.4) is 0 Å². The monoisotopic (exact) mass is 310 g/mol. The summed E-state index contributed by atoms with van der Waals surface area (Å²) < 4.78 is 0. The van der Waals surface area contributed by atoms with Crippen LogP contribution in [-0.2, 0) is 14.4 Å². The average Bonchev–Trinajstić information content (AvgIpc) is 2.42. The predicted molar refractivity (Wildman–Crippen MR) is 77.6 cm³/mol. The summed E-state index contributed by atoms with van der Waals surface area (Å²) in [5, 5.41) is 29.9. The fourth-order valence-electron chi connectivity index (χ4n) is 1.85. The molecule has 4 N–H and O–H groups in total. The molecule has 1 aromatic carbocycles. The lowest BCUT2D eigenvalue weighted by molar-refractivity contribution is -0.141. The van der Waals surface area contributed by atoms with Crippen LogP contribution in [0.15, 0.2) is 18.2 Å². The van der Waals surface area contributed by atoms with Crippen molar-refractivity contribution in [1.29, 1.82) is 0 Å². The molecule has 2 amide bonds. The van der Waals surface area contributed by atoms with Crippen LogP contribution < -0.4 is 10.2 Å². The molecule has 0 aliphatic carbocycles. The minimum Gasteiger partial charge on any atom is -0.504 e. The van der Waals surface area contributed by atoms with Gasteiger partial charge in [0.25, 0.3) is 0 Å². The number of phenols is 2. The van der Waals surface area contributed by atoms with E-state index >= 15 is 0 Å². The largest absolute Gasteiger partial charge is 0.504 e. The van der Waals surface area contributed by atoms with Gasteiger partial charge in [-0.1, -0.05) is 0 Å². The second kappa shape index (κ2) is 6.79. The standard InChI is InChI=1S/C14H18N2O6/c1-7(14(21)22)15-13(20)8(2)16(9(3)17)10-4-5-11(18)12(19)6-10/h4-8,18-19H,1-3H3,(H,15,20)(H,21,22)/t7-,8-/m0/s1. The zero-order chi connectivity index (χ0) is 17.0. The van der Waals surface area contributed by atoms with Gasteiger partial charge in [-0.2, -0.15) is 0 Å². The van der Waals surface area contributed by atoms with Crippen molar-refractivity contribution in [1.82, 2.24) is 5.32 Å². The van der Waals surface area contributed by atoms with Crippen LogP contribution >= 0.6 is 0 Å². The number of rotatable bonds is 5. The third kappa shape index (κ3) is 3.87. The highest BCUT2D eigenvalue weighted by Crippen LogP contribution is 2.30. The maximum atomic E-state index is 12.0. The molecule has 0 saturated carbocycles. The first-order chi connectivity index (χ1) is 10.1. The number of aromatic hydroxyl groups is 2. The number of hydrogen-bond acceptors (Lipinski definition) is 5. The molecule has 2 atom stereocenters. The van der Waals surface area contributed by atoms with Gasteiger partial charge in [0.15, 0.2) is 11.5 Å². The van der Waals surface area contributed by atoms with E-state index in [1.165, 1.54) is 32.9 Å². The van der Waals surface area contributed by atoms with Gasteiger partial charge in [0.2, 0.25) is 11.8 Å². The molecule has 1 aromatic rings. The van der Waals surface area contributed by atoms with Crippen molar-refractivity contribution in [3.05, 3.63) is 18.2 Å². The zero-order valence-electron chi connectivity index (χ0n) is 12.4. The Morgan fingerprint density at radius 1 is 1.14 bits per heavy atom. The lowest BCUT2D eigenvalue weighted by atomic mass is 10.2. The van der Waals surface area contributed by atoms with Gasteiger partial charge in [0, 0.05) is 18.7 Å². The Balaban J connectivity index is 3.04. The Bertz CT molecular complexity index is 601. The van der Waals surface area contributed by atoms with Crippen molar-refractivity contribution in [3.63, 3.8) is 0 Å². The van der Waals surface area contributed by atoms with E-state index in [0.29, 0.717) is 0 Å². The van der Waals surface area contributed by atoms with Crippen molar-refractivity contribution < 1.29 is 29.7 Å².